The molecule has 0 bridgehead atoms. The van der Waals surface area contributed by atoms with E-state index in [-0.39, 0.29) is 5.54 Å². The Balaban J connectivity index is 3.05. The molecule has 0 radical (unpaired) electrons. The highest BCUT2D eigenvalue weighted by atomic mass is 127. The summed E-state index contributed by atoms with van der Waals surface area (Å²) in [5.41, 5.74) is 0.258. The highest BCUT2D eigenvalue weighted by molar-refractivity contribution is 14.1. The maximum absolute atomic E-state index is 2.49. The molecule has 2 nitrogen and oxygen atoms in total. The zero-order valence-electron chi connectivity index (χ0n) is 11.6. The van der Waals surface area contributed by atoms with Gasteiger partial charge in [-0.05, 0) is 78.8 Å². The Kier molecular flexibility index (Phi) is 5.88. The third-order valence-corrected chi connectivity index (χ3v) is 7.54. The maximum Gasteiger partial charge on any atom is 0.106 e. The van der Waals surface area contributed by atoms with Crippen molar-refractivity contribution in [2.75, 3.05) is 14.1 Å². The molecule has 0 aromatic carbocycles. The summed E-state index contributed by atoms with van der Waals surface area (Å²) in [6.45, 7) is 7.02. The predicted molar refractivity (Wildman–Crippen MR) is 92.6 cm³/mol. The first-order valence-electron chi connectivity index (χ1n) is 6.29. The molecular formula is C13H24I2N2. The molecule has 0 spiro atoms. The fourth-order valence-corrected chi connectivity index (χ4v) is 3.97. The van der Waals surface area contributed by atoms with Gasteiger partial charge in [0.1, 0.15) is 7.41 Å². The van der Waals surface area contributed by atoms with Gasteiger partial charge >= 0.3 is 0 Å². The molecular weight excluding hydrogens is 438 g/mol. The van der Waals surface area contributed by atoms with Gasteiger partial charge in [0.25, 0.3) is 0 Å². The molecule has 1 heterocycles. The second-order valence-electron chi connectivity index (χ2n) is 5.66. The lowest BCUT2D eigenvalue weighted by Gasteiger charge is -2.40. The predicted octanol–water partition coefficient (Wildman–Crippen LogP) is 4.59. The van der Waals surface area contributed by atoms with Crippen molar-refractivity contribution < 1.29 is 0 Å². The molecule has 0 aromatic rings. The second kappa shape index (κ2) is 6.30. The molecule has 0 fully saturated rings. The average molecular weight is 462 g/mol. The van der Waals surface area contributed by atoms with E-state index in [2.05, 4.69) is 89.8 Å². The minimum Gasteiger partial charge on any atom is -0.365 e. The summed E-state index contributed by atoms with van der Waals surface area (Å²) in [6.07, 6.45) is 5.24. The molecule has 4 heteroatoms. The third kappa shape index (κ3) is 3.88. The van der Waals surface area contributed by atoms with E-state index in [0.29, 0.717) is 6.04 Å². The number of halogens is 2. The molecule has 1 atom stereocenters. The van der Waals surface area contributed by atoms with Gasteiger partial charge in [-0.1, -0.05) is 12.8 Å². The molecule has 0 aromatic heterocycles. The van der Waals surface area contributed by atoms with Crippen molar-refractivity contribution in [1.82, 2.24) is 9.80 Å². The number of hydrogen-bond acceptors (Lipinski definition) is 2. The van der Waals surface area contributed by atoms with Crippen LogP contribution < -0.4 is 0 Å². The van der Waals surface area contributed by atoms with Gasteiger partial charge in [0.05, 0.1) is 0 Å². The molecule has 0 saturated heterocycles. The van der Waals surface area contributed by atoms with Crippen molar-refractivity contribution in [1.29, 1.82) is 0 Å². The van der Waals surface area contributed by atoms with E-state index in [0.717, 1.165) is 0 Å². The lowest BCUT2D eigenvalue weighted by molar-refractivity contribution is 0.186. The number of nitrogens with zero attached hydrogens (tertiary/aromatic N) is 2. The van der Waals surface area contributed by atoms with E-state index < -0.39 is 0 Å². The minimum atomic E-state index is 0.258. The zero-order chi connectivity index (χ0) is 13.2. The van der Waals surface area contributed by atoms with Gasteiger partial charge < -0.3 is 9.80 Å². The van der Waals surface area contributed by atoms with Gasteiger partial charge in [-0.2, -0.15) is 0 Å². The average Bonchev–Trinajstić information content (AvgIpc) is 2.29. The van der Waals surface area contributed by atoms with Crippen molar-refractivity contribution in [2.45, 2.75) is 58.0 Å². The van der Waals surface area contributed by atoms with Crippen LogP contribution in [0.4, 0.5) is 0 Å². The van der Waals surface area contributed by atoms with Crippen molar-refractivity contribution >= 4 is 45.2 Å². The summed E-state index contributed by atoms with van der Waals surface area (Å²) >= 11 is 4.97. The Morgan fingerprint density at radius 1 is 1.12 bits per heavy atom. The quantitative estimate of drug-likeness (QED) is 0.384. The summed E-state index contributed by atoms with van der Waals surface area (Å²) < 4.78 is 2.73. The highest BCUT2D eigenvalue weighted by Crippen LogP contribution is 2.34. The normalized spacial score (nSPS) is 31.6. The van der Waals surface area contributed by atoms with Crippen LogP contribution in [0.5, 0.6) is 0 Å². The lowest BCUT2D eigenvalue weighted by Crippen LogP contribution is -2.41. The Hall–Kier alpha value is 0.800. The highest BCUT2D eigenvalue weighted by Gasteiger charge is 2.27. The molecule has 0 amide bonds. The topological polar surface area (TPSA) is 6.48 Å². The van der Waals surface area contributed by atoms with Crippen molar-refractivity contribution in [2.24, 2.45) is 0 Å². The number of hydrogen-bond donors (Lipinski definition) is 0. The van der Waals surface area contributed by atoms with Crippen molar-refractivity contribution in [3.63, 3.8) is 0 Å². The Labute approximate surface area is 133 Å². The van der Waals surface area contributed by atoms with Gasteiger partial charge in [0.2, 0.25) is 0 Å². The van der Waals surface area contributed by atoms with Crippen LogP contribution >= 0.6 is 45.2 Å². The van der Waals surface area contributed by atoms with Crippen LogP contribution in [0.15, 0.2) is 7.41 Å². The van der Waals surface area contributed by atoms with E-state index in [1.807, 2.05) is 0 Å². The van der Waals surface area contributed by atoms with E-state index in [4.69, 9.17) is 0 Å². The molecule has 1 aliphatic rings. The third-order valence-electron chi connectivity index (χ3n) is 4.00. The van der Waals surface area contributed by atoms with Crippen LogP contribution in [-0.4, -0.2) is 35.5 Å². The van der Waals surface area contributed by atoms with Crippen LogP contribution in [0.2, 0.25) is 0 Å². The summed E-state index contributed by atoms with van der Waals surface area (Å²) in [5, 5.41) is 0. The summed E-state index contributed by atoms with van der Waals surface area (Å²) in [5.74, 6) is 0. The van der Waals surface area contributed by atoms with Crippen LogP contribution in [-0.2, 0) is 0 Å². The first-order valence-corrected chi connectivity index (χ1v) is 8.45. The van der Waals surface area contributed by atoms with E-state index in [9.17, 15) is 0 Å². The molecule has 1 aliphatic heterocycles. The first-order chi connectivity index (χ1) is 7.77. The second-order valence-corrected chi connectivity index (χ2v) is 7.70. The zero-order valence-corrected chi connectivity index (χ0v) is 15.9. The van der Waals surface area contributed by atoms with Gasteiger partial charge in [-0.15, -0.1) is 0 Å². The van der Waals surface area contributed by atoms with Crippen LogP contribution in [0.25, 0.3) is 0 Å². The molecule has 0 saturated carbocycles. The van der Waals surface area contributed by atoms with Crippen LogP contribution in [0, 0.1) is 0 Å². The molecule has 0 aliphatic carbocycles. The maximum atomic E-state index is 2.49. The van der Waals surface area contributed by atoms with Crippen LogP contribution in [0.1, 0.15) is 46.5 Å². The Bertz CT molecular complexity index is 300. The summed E-state index contributed by atoms with van der Waals surface area (Å²) in [7, 11) is 4.44. The molecule has 1 rings (SSSR count). The van der Waals surface area contributed by atoms with Crippen molar-refractivity contribution in [3.05, 3.63) is 7.41 Å². The Morgan fingerprint density at radius 2 is 1.71 bits per heavy atom. The summed E-state index contributed by atoms with van der Waals surface area (Å²) in [6, 6.07) is 0.640. The van der Waals surface area contributed by atoms with Crippen molar-refractivity contribution in [3.8, 4) is 0 Å². The molecule has 17 heavy (non-hydrogen) atoms. The van der Waals surface area contributed by atoms with E-state index in [1.54, 1.807) is 0 Å². The van der Waals surface area contributed by atoms with Crippen LogP contribution in [0.3, 0.4) is 0 Å². The van der Waals surface area contributed by atoms with Gasteiger partial charge in [-0.25, -0.2) is 0 Å². The Morgan fingerprint density at radius 3 is 2.29 bits per heavy atom. The van der Waals surface area contributed by atoms with Gasteiger partial charge in [-0.3, -0.25) is 0 Å². The first kappa shape index (κ1) is 15.9. The fourth-order valence-electron chi connectivity index (χ4n) is 2.10. The SMILES string of the molecule is C[C@@H]1CCCCC(C)(C)N(C)/C(I)=C(/I)N1C. The lowest BCUT2D eigenvalue weighted by atomic mass is 9.94. The van der Waals surface area contributed by atoms with E-state index >= 15 is 0 Å². The minimum absolute atomic E-state index is 0.258. The fraction of sp³-hybridized carbons (Fsp3) is 0.846. The molecule has 0 unspecified atom stereocenters. The monoisotopic (exact) mass is 462 g/mol. The standard InChI is InChI=1S/C13H24I2N2/c1-10-8-6-7-9-13(2,3)17(5)12(15)11(14)16(10)4/h10H,6-9H2,1-5H3/b12-11-/t10-/m1/s1. The van der Waals surface area contributed by atoms with E-state index in [1.165, 1.54) is 33.1 Å². The smallest absolute Gasteiger partial charge is 0.106 e. The molecule has 0 N–H and O–H groups in total. The molecule has 100 valence electrons. The largest absolute Gasteiger partial charge is 0.365 e. The van der Waals surface area contributed by atoms with Gasteiger partial charge in [0.15, 0.2) is 0 Å². The summed E-state index contributed by atoms with van der Waals surface area (Å²) in [4.78, 5) is 4.85. The number of rotatable bonds is 0. The van der Waals surface area contributed by atoms with Gasteiger partial charge in [0, 0.05) is 25.7 Å².